The molecule has 0 saturated heterocycles. The van der Waals surface area contributed by atoms with Gasteiger partial charge in [0.1, 0.15) is 0 Å². The molecular weight excluding hydrogens is 232 g/mol. The number of benzene rings is 2. The van der Waals surface area contributed by atoms with E-state index in [4.69, 9.17) is 11.5 Å². The van der Waals surface area contributed by atoms with Crippen molar-refractivity contribution in [3.05, 3.63) is 71.8 Å². The average molecular weight is 254 g/mol. The molecule has 1 unspecified atom stereocenters. The Bertz CT molecular complexity index is 450. The Balaban J connectivity index is 2.18. The molecular formula is C17H22N2. The molecule has 0 aliphatic rings. The molecule has 2 heteroatoms. The van der Waals surface area contributed by atoms with Gasteiger partial charge in [0.05, 0.1) is 0 Å². The molecule has 0 aromatic heterocycles. The molecule has 4 N–H and O–H groups in total. The molecule has 2 rings (SSSR count). The summed E-state index contributed by atoms with van der Waals surface area (Å²) in [6.45, 7) is 1.99. The van der Waals surface area contributed by atoms with Crippen molar-refractivity contribution in [1.29, 1.82) is 0 Å². The molecule has 19 heavy (non-hydrogen) atoms. The number of hydrogen-bond donors (Lipinski definition) is 2. The predicted octanol–water partition coefficient (Wildman–Crippen LogP) is 2.52. The quantitative estimate of drug-likeness (QED) is 0.861. The van der Waals surface area contributed by atoms with Crippen molar-refractivity contribution >= 4 is 0 Å². The lowest BCUT2D eigenvalue weighted by atomic mass is 9.80. The van der Waals surface area contributed by atoms with E-state index in [-0.39, 0.29) is 6.04 Å². The summed E-state index contributed by atoms with van der Waals surface area (Å²) in [5, 5.41) is 0. The van der Waals surface area contributed by atoms with Crippen LogP contribution in [-0.2, 0) is 12.8 Å². The molecule has 0 spiro atoms. The highest BCUT2D eigenvalue weighted by Crippen LogP contribution is 2.19. The van der Waals surface area contributed by atoms with E-state index in [1.807, 2.05) is 43.3 Å². The van der Waals surface area contributed by atoms with Gasteiger partial charge in [0.15, 0.2) is 0 Å². The molecule has 0 saturated carbocycles. The summed E-state index contributed by atoms with van der Waals surface area (Å²) in [6.07, 6.45) is 1.58. The zero-order chi connectivity index (χ0) is 13.7. The molecule has 2 aromatic carbocycles. The Labute approximate surface area is 115 Å². The molecule has 0 aliphatic heterocycles. The standard InChI is InChI=1S/C17H22N2/c1-14(18)17(19,12-15-8-4-2-5-9-15)13-16-10-6-3-7-11-16/h2-11,14H,12-13,18-19H2,1H3. The predicted molar refractivity (Wildman–Crippen MR) is 80.9 cm³/mol. The highest BCUT2D eigenvalue weighted by molar-refractivity contribution is 5.23. The molecule has 0 aliphatic carbocycles. The van der Waals surface area contributed by atoms with Crippen molar-refractivity contribution in [3.8, 4) is 0 Å². The van der Waals surface area contributed by atoms with Crippen LogP contribution < -0.4 is 11.5 Å². The van der Waals surface area contributed by atoms with Gasteiger partial charge in [0.2, 0.25) is 0 Å². The maximum absolute atomic E-state index is 6.58. The molecule has 0 bridgehead atoms. The SMILES string of the molecule is CC(N)C(N)(Cc1ccccc1)Cc1ccccc1. The zero-order valence-corrected chi connectivity index (χ0v) is 11.4. The molecule has 1 atom stereocenters. The Morgan fingerprint density at radius 1 is 0.842 bits per heavy atom. The lowest BCUT2D eigenvalue weighted by molar-refractivity contribution is 0.354. The van der Waals surface area contributed by atoms with Crippen LogP contribution in [0.3, 0.4) is 0 Å². The van der Waals surface area contributed by atoms with Crippen LogP contribution in [0.4, 0.5) is 0 Å². The average Bonchev–Trinajstić information content (AvgIpc) is 2.40. The monoisotopic (exact) mass is 254 g/mol. The first-order valence-corrected chi connectivity index (χ1v) is 6.72. The van der Waals surface area contributed by atoms with Crippen molar-refractivity contribution in [2.24, 2.45) is 11.5 Å². The fraction of sp³-hybridized carbons (Fsp3) is 0.294. The summed E-state index contributed by atoms with van der Waals surface area (Å²) < 4.78 is 0. The van der Waals surface area contributed by atoms with Gasteiger partial charge >= 0.3 is 0 Å². The third-order valence-electron chi connectivity index (χ3n) is 3.66. The number of hydrogen-bond acceptors (Lipinski definition) is 2. The first-order valence-electron chi connectivity index (χ1n) is 6.72. The van der Waals surface area contributed by atoms with Crippen molar-refractivity contribution in [3.63, 3.8) is 0 Å². The normalized spacial score (nSPS) is 13.2. The van der Waals surface area contributed by atoms with Gasteiger partial charge in [-0.05, 0) is 30.9 Å². The van der Waals surface area contributed by atoms with Crippen LogP contribution in [0.2, 0.25) is 0 Å². The van der Waals surface area contributed by atoms with Gasteiger partial charge in [0.25, 0.3) is 0 Å². The van der Waals surface area contributed by atoms with E-state index >= 15 is 0 Å². The summed E-state index contributed by atoms with van der Waals surface area (Å²) >= 11 is 0. The molecule has 2 aromatic rings. The van der Waals surface area contributed by atoms with Crippen LogP contribution in [0.5, 0.6) is 0 Å². The molecule has 0 amide bonds. The molecule has 0 radical (unpaired) electrons. The lowest BCUT2D eigenvalue weighted by Crippen LogP contribution is -2.57. The van der Waals surface area contributed by atoms with Gasteiger partial charge in [0, 0.05) is 11.6 Å². The highest BCUT2D eigenvalue weighted by atomic mass is 14.8. The Morgan fingerprint density at radius 3 is 1.53 bits per heavy atom. The first-order chi connectivity index (χ1) is 9.10. The van der Waals surface area contributed by atoms with E-state index in [1.165, 1.54) is 11.1 Å². The Kier molecular flexibility index (Phi) is 4.35. The van der Waals surface area contributed by atoms with Gasteiger partial charge in [-0.15, -0.1) is 0 Å². The second kappa shape index (κ2) is 6.00. The topological polar surface area (TPSA) is 52.0 Å². The second-order valence-electron chi connectivity index (χ2n) is 5.35. The fourth-order valence-corrected chi connectivity index (χ4v) is 2.34. The van der Waals surface area contributed by atoms with Crippen LogP contribution in [0.25, 0.3) is 0 Å². The van der Waals surface area contributed by atoms with E-state index in [9.17, 15) is 0 Å². The first kappa shape index (κ1) is 13.8. The summed E-state index contributed by atoms with van der Waals surface area (Å²) in [5.41, 5.74) is 14.8. The van der Waals surface area contributed by atoms with E-state index < -0.39 is 5.54 Å². The van der Waals surface area contributed by atoms with Crippen LogP contribution in [0.1, 0.15) is 18.1 Å². The minimum absolute atomic E-state index is 0.0621. The molecule has 0 heterocycles. The van der Waals surface area contributed by atoms with Gasteiger partial charge in [-0.3, -0.25) is 0 Å². The lowest BCUT2D eigenvalue weighted by Gasteiger charge is -2.34. The van der Waals surface area contributed by atoms with Gasteiger partial charge in [-0.1, -0.05) is 60.7 Å². The van der Waals surface area contributed by atoms with E-state index in [2.05, 4.69) is 24.3 Å². The van der Waals surface area contributed by atoms with E-state index in [0.717, 1.165) is 12.8 Å². The molecule has 0 fully saturated rings. The minimum Gasteiger partial charge on any atom is -0.326 e. The van der Waals surface area contributed by atoms with Crippen LogP contribution >= 0.6 is 0 Å². The summed E-state index contributed by atoms with van der Waals surface area (Å²) in [5.74, 6) is 0. The van der Waals surface area contributed by atoms with Gasteiger partial charge in [-0.2, -0.15) is 0 Å². The van der Waals surface area contributed by atoms with Crippen molar-refractivity contribution < 1.29 is 0 Å². The molecule has 100 valence electrons. The number of nitrogens with two attached hydrogens (primary N) is 2. The van der Waals surface area contributed by atoms with Crippen molar-refractivity contribution in [2.45, 2.75) is 31.3 Å². The minimum atomic E-state index is -0.414. The fourth-order valence-electron chi connectivity index (χ4n) is 2.34. The number of rotatable bonds is 5. The van der Waals surface area contributed by atoms with Gasteiger partial charge in [-0.25, -0.2) is 0 Å². The summed E-state index contributed by atoms with van der Waals surface area (Å²) in [7, 11) is 0. The zero-order valence-electron chi connectivity index (χ0n) is 11.4. The van der Waals surface area contributed by atoms with Crippen LogP contribution in [0.15, 0.2) is 60.7 Å². The summed E-state index contributed by atoms with van der Waals surface area (Å²) in [4.78, 5) is 0. The largest absolute Gasteiger partial charge is 0.326 e. The second-order valence-corrected chi connectivity index (χ2v) is 5.35. The van der Waals surface area contributed by atoms with Crippen molar-refractivity contribution in [1.82, 2.24) is 0 Å². The third kappa shape index (κ3) is 3.66. The maximum Gasteiger partial charge on any atom is 0.0386 e. The van der Waals surface area contributed by atoms with Crippen molar-refractivity contribution in [2.75, 3.05) is 0 Å². The van der Waals surface area contributed by atoms with E-state index in [0.29, 0.717) is 0 Å². The molecule has 2 nitrogen and oxygen atoms in total. The van der Waals surface area contributed by atoms with Gasteiger partial charge < -0.3 is 11.5 Å². The Morgan fingerprint density at radius 2 is 1.21 bits per heavy atom. The van der Waals surface area contributed by atoms with E-state index in [1.54, 1.807) is 0 Å². The maximum atomic E-state index is 6.58. The third-order valence-corrected chi connectivity index (χ3v) is 3.66. The highest BCUT2D eigenvalue weighted by Gasteiger charge is 2.30. The van der Waals surface area contributed by atoms with Crippen LogP contribution in [0, 0.1) is 0 Å². The Hall–Kier alpha value is -1.64. The smallest absolute Gasteiger partial charge is 0.0386 e. The van der Waals surface area contributed by atoms with Crippen LogP contribution in [-0.4, -0.2) is 11.6 Å². The summed E-state index contributed by atoms with van der Waals surface area (Å²) in [6, 6.07) is 20.6.